The molecule has 1 N–H and O–H groups in total. The number of carboxylic acid groups (broad SMARTS) is 1. The van der Waals surface area contributed by atoms with Crippen molar-refractivity contribution in [2.45, 2.75) is 38.6 Å². The molecule has 1 aliphatic rings. The zero-order valence-electron chi connectivity index (χ0n) is 10.4. The third-order valence-electron chi connectivity index (χ3n) is 3.48. The molecule has 5 nitrogen and oxygen atoms in total. The minimum Gasteiger partial charge on any atom is -0.481 e. The summed E-state index contributed by atoms with van der Waals surface area (Å²) >= 11 is 1.62. The van der Waals surface area contributed by atoms with Crippen LogP contribution in [0.3, 0.4) is 0 Å². The Balaban J connectivity index is 1.96. The van der Waals surface area contributed by atoms with Gasteiger partial charge in [-0.2, -0.15) is 0 Å². The fourth-order valence-electron chi connectivity index (χ4n) is 2.58. The van der Waals surface area contributed by atoms with E-state index in [2.05, 4.69) is 4.98 Å². The van der Waals surface area contributed by atoms with Gasteiger partial charge in [-0.1, -0.05) is 0 Å². The van der Waals surface area contributed by atoms with Crippen LogP contribution in [0, 0.1) is 0 Å². The standard InChI is InChI=1S/C13H14N2O3S/c16-10(17)5-2-6-15-7-14-12-11(13(15)18)8-3-1-4-9(8)19-12/h7H,1-6H2,(H,16,17). The lowest BCUT2D eigenvalue weighted by Gasteiger charge is -2.04. The van der Waals surface area contributed by atoms with Crippen LogP contribution >= 0.6 is 11.3 Å². The molecule has 2 heterocycles. The molecule has 0 spiro atoms. The van der Waals surface area contributed by atoms with Crippen LogP contribution < -0.4 is 5.56 Å². The van der Waals surface area contributed by atoms with E-state index < -0.39 is 5.97 Å². The molecule has 6 heteroatoms. The number of rotatable bonds is 4. The molecule has 0 unspecified atom stereocenters. The minimum absolute atomic E-state index is 0.0187. The number of hydrogen-bond donors (Lipinski definition) is 1. The summed E-state index contributed by atoms with van der Waals surface area (Å²) in [4.78, 5) is 29.4. The molecule has 0 atom stereocenters. The number of hydrogen-bond acceptors (Lipinski definition) is 4. The van der Waals surface area contributed by atoms with E-state index in [1.165, 1.54) is 21.3 Å². The molecule has 1 aliphatic carbocycles. The van der Waals surface area contributed by atoms with Crippen molar-refractivity contribution in [1.82, 2.24) is 9.55 Å². The summed E-state index contributed by atoms with van der Waals surface area (Å²) in [6.45, 7) is 0.415. The van der Waals surface area contributed by atoms with E-state index in [1.807, 2.05) is 0 Å². The fraction of sp³-hybridized carbons (Fsp3) is 0.462. The van der Waals surface area contributed by atoms with Crippen LogP contribution in [0.15, 0.2) is 11.1 Å². The maximum atomic E-state index is 12.4. The second-order valence-electron chi connectivity index (χ2n) is 4.78. The van der Waals surface area contributed by atoms with E-state index in [9.17, 15) is 9.59 Å². The molecule has 3 rings (SSSR count). The van der Waals surface area contributed by atoms with Crippen molar-refractivity contribution in [2.75, 3.05) is 0 Å². The van der Waals surface area contributed by atoms with E-state index in [0.29, 0.717) is 13.0 Å². The van der Waals surface area contributed by atoms with Gasteiger partial charge in [0.05, 0.1) is 11.7 Å². The molecule has 0 amide bonds. The van der Waals surface area contributed by atoms with E-state index >= 15 is 0 Å². The van der Waals surface area contributed by atoms with Gasteiger partial charge in [0, 0.05) is 17.8 Å². The summed E-state index contributed by atoms with van der Waals surface area (Å²) < 4.78 is 1.54. The van der Waals surface area contributed by atoms with Crippen LogP contribution in [0.1, 0.15) is 29.7 Å². The number of aromatic nitrogens is 2. The van der Waals surface area contributed by atoms with Crippen LogP contribution in [0.2, 0.25) is 0 Å². The minimum atomic E-state index is -0.835. The zero-order valence-corrected chi connectivity index (χ0v) is 11.2. The van der Waals surface area contributed by atoms with Crippen molar-refractivity contribution in [3.63, 3.8) is 0 Å². The van der Waals surface area contributed by atoms with Crippen LogP contribution in [0.5, 0.6) is 0 Å². The third kappa shape index (κ3) is 2.16. The van der Waals surface area contributed by atoms with E-state index in [-0.39, 0.29) is 12.0 Å². The maximum absolute atomic E-state index is 12.4. The predicted octanol–water partition coefficient (Wildman–Crippen LogP) is 1.81. The highest BCUT2D eigenvalue weighted by Gasteiger charge is 2.21. The quantitative estimate of drug-likeness (QED) is 0.925. The molecule has 0 bridgehead atoms. The lowest BCUT2D eigenvalue weighted by molar-refractivity contribution is -0.137. The van der Waals surface area contributed by atoms with Gasteiger partial charge in [0.2, 0.25) is 0 Å². The lowest BCUT2D eigenvalue weighted by atomic mass is 10.2. The topological polar surface area (TPSA) is 72.2 Å². The third-order valence-corrected chi connectivity index (χ3v) is 4.68. The average molecular weight is 278 g/mol. The highest BCUT2D eigenvalue weighted by molar-refractivity contribution is 7.18. The van der Waals surface area contributed by atoms with Gasteiger partial charge in [-0.3, -0.25) is 14.2 Å². The number of nitrogens with zero attached hydrogens (tertiary/aromatic N) is 2. The van der Waals surface area contributed by atoms with Crippen molar-refractivity contribution in [1.29, 1.82) is 0 Å². The summed E-state index contributed by atoms with van der Waals surface area (Å²) in [7, 11) is 0. The Hall–Kier alpha value is -1.69. The van der Waals surface area contributed by atoms with Gasteiger partial charge in [0.1, 0.15) is 4.83 Å². The summed E-state index contributed by atoms with van der Waals surface area (Å²) in [6.07, 6.45) is 5.20. The van der Waals surface area contributed by atoms with E-state index in [0.717, 1.165) is 29.5 Å². The summed E-state index contributed by atoms with van der Waals surface area (Å²) in [5.74, 6) is -0.835. The first-order chi connectivity index (χ1) is 9.16. The van der Waals surface area contributed by atoms with Gasteiger partial charge in [0.25, 0.3) is 5.56 Å². The molecule has 0 saturated carbocycles. The SMILES string of the molecule is O=C(O)CCCn1cnc2sc3c(c2c1=O)CCC3. The molecule has 0 fully saturated rings. The van der Waals surface area contributed by atoms with Gasteiger partial charge < -0.3 is 5.11 Å². The van der Waals surface area contributed by atoms with Crippen molar-refractivity contribution in [2.24, 2.45) is 0 Å². The normalized spacial score (nSPS) is 13.9. The van der Waals surface area contributed by atoms with Gasteiger partial charge in [-0.15, -0.1) is 11.3 Å². The van der Waals surface area contributed by atoms with Crippen LogP contribution in [0.25, 0.3) is 10.2 Å². The largest absolute Gasteiger partial charge is 0.481 e. The fourth-order valence-corrected chi connectivity index (χ4v) is 3.80. The van der Waals surface area contributed by atoms with Gasteiger partial charge >= 0.3 is 5.97 Å². The number of aryl methyl sites for hydroxylation is 3. The number of fused-ring (bicyclic) bond motifs is 3. The monoisotopic (exact) mass is 278 g/mol. The molecule has 0 aliphatic heterocycles. The summed E-state index contributed by atoms with van der Waals surface area (Å²) in [5, 5.41) is 9.38. The number of aliphatic carboxylic acids is 1. The Labute approximate surface area is 113 Å². The molecular formula is C13H14N2O3S. The molecule has 2 aromatic rings. The Morgan fingerprint density at radius 3 is 3.11 bits per heavy atom. The van der Waals surface area contributed by atoms with E-state index in [4.69, 9.17) is 5.11 Å². The zero-order chi connectivity index (χ0) is 13.4. The average Bonchev–Trinajstić information content (AvgIpc) is 2.91. The highest BCUT2D eigenvalue weighted by Crippen LogP contribution is 2.34. The lowest BCUT2D eigenvalue weighted by Crippen LogP contribution is -2.21. The molecule has 0 radical (unpaired) electrons. The van der Waals surface area contributed by atoms with Crippen molar-refractivity contribution in [3.8, 4) is 0 Å². The van der Waals surface area contributed by atoms with Crippen molar-refractivity contribution in [3.05, 3.63) is 27.1 Å². The second kappa shape index (κ2) is 4.77. The Kier molecular flexibility index (Phi) is 3.10. The van der Waals surface area contributed by atoms with Crippen LogP contribution in [-0.2, 0) is 24.2 Å². The molecule has 19 heavy (non-hydrogen) atoms. The first kappa shape index (κ1) is 12.3. The smallest absolute Gasteiger partial charge is 0.303 e. The Morgan fingerprint density at radius 2 is 2.32 bits per heavy atom. The first-order valence-corrected chi connectivity index (χ1v) is 7.20. The van der Waals surface area contributed by atoms with Crippen molar-refractivity contribution < 1.29 is 9.90 Å². The van der Waals surface area contributed by atoms with Gasteiger partial charge in [-0.05, 0) is 31.2 Å². The molecular weight excluding hydrogens is 264 g/mol. The highest BCUT2D eigenvalue weighted by atomic mass is 32.1. The van der Waals surface area contributed by atoms with Gasteiger partial charge in [-0.25, -0.2) is 4.98 Å². The molecule has 2 aromatic heterocycles. The number of thiophene rings is 1. The summed E-state index contributed by atoms with van der Waals surface area (Å²) in [6, 6.07) is 0. The Bertz CT molecular complexity index is 702. The molecule has 100 valence electrons. The molecule has 0 saturated heterocycles. The second-order valence-corrected chi connectivity index (χ2v) is 5.86. The Morgan fingerprint density at radius 1 is 1.47 bits per heavy atom. The number of carboxylic acids is 1. The first-order valence-electron chi connectivity index (χ1n) is 6.38. The van der Waals surface area contributed by atoms with Crippen LogP contribution in [-0.4, -0.2) is 20.6 Å². The summed E-state index contributed by atoms with van der Waals surface area (Å²) in [5.41, 5.74) is 1.15. The maximum Gasteiger partial charge on any atom is 0.303 e. The van der Waals surface area contributed by atoms with Crippen LogP contribution in [0.4, 0.5) is 0 Å². The molecule has 0 aromatic carbocycles. The predicted molar refractivity (Wildman–Crippen MR) is 72.8 cm³/mol. The van der Waals surface area contributed by atoms with E-state index in [1.54, 1.807) is 11.3 Å². The van der Waals surface area contributed by atoms with Gasteiger partial charge in [0.15, 0.2) is 0 Å². The number of carbonyl (C=O) groups is 1. The van der Waals surface area contributed by atoms with Crippen molar-refractivity contribution >= 4 is 27.5 Å².